The number of pyridine rings is 1. The summed E-state index contributed by atoms with van der Waals surface area (Å²) in [6.07, 6.45) is 1.02. The molecule has 0 aliphatic heterocycles. The first-order valence-electron chi connectivity index (χ1n) is 3.48. The second-order valence-corrected chi connectivity index (χ2v) is 2.61. The van der Waals surface area contributed by atoms with Crippen molar-refractivity contribution < 1.29 is 5.11 Å². The number of aryl methyl sites for hydroxylation is 1. The predicted octanol–water partition coefficient (Wildman–Crippen LogP) is 0.737. The standard InChI is InChI=1S/C8H11NO2/c1-5-3-8(11)9-4-7(5)6(2)10/h3-4,6,10H,1-2H3,(H,9,11). The van der Waals surface area contributed by atoms with Gasteiger partial charge in [-0.1, -0.05) is 0 Å². The molecular weight excluding hydrogens is 142 g/mol. The highest BCUT2D eigenvalue weighted by Crippen LogP contribution is 2.12. The summed E-state index contributed by atoms with van der Waals surface area (Å²) < 4.78 is 0. The van der Waals surface area contributed by atoms with Crippen LogP contribution in [-0.4, -0.2) is 10.1 Å². The maximum absolute atomic E-state index is 10.7. The molecular formula is C8H11NO2. The van der Waals surface area contributed by atoms with Crippen LogP contribution < -0.4 is 5.56 Å². The van der Waals surface area contributed by atoms with Crippen molar-refractivity contribution in [2.45, 2.75) is 20.0 Å². The van der Waals surface area contributed by atoms with Gasteiger partial charge >= 0.3 is 0 Å². The molecule has 0 radical (unpaired) electrons. The molecule has 0 spiro atoms. The Labute approximate surface area is 64.7 Å². The average molecular weight is 153 g/mol. The largest absolute Gasteiger partial charge is 0.389 e. The van der Waals surface area contributed by atoms with Crippen LogP contribution >= 0.6 is 0 Å². The zero-order valence-electron chi connectivity index (χ0n) is 6.59. The van der Waals surface area contributed by atoms with Crippen LogP contribution in [0, 0.1) is 6.92 Å². The van der Waals surface area contributed by atoms with Crippen molar-refractivity contribution in [1.29, 1.82) is 0 Å². The third-order valence-electron chi connectivity index (χ3n) is 1.62. The van der Waals surface area contributed by atoms with Gasteiger partial charge in [-0.3, -0.25) is 4.79 Å². The fraction of sp³-hybridized carbons (Fsp3) is 0.375. The SMILES string of the molecule is Cc1cc(=O)[nH]cc1C(C)O. The second-order valence-electron chi connectivity index (χ2n) is 2.61. The van der Waals surface area contributed by atoms with Gasteiger partial charge in [-0.05, 0) is 25.0 Å². The number of hydrogen-bond donors (Lipinski definition) is 2. The minimum absolute atomic E-state index is 0.132. The Morgan fingerprint density at radius 2 is 2.27 bits per heavy atom. The van der Waals surface area contributed by atoms with E-state index < -0.39 is 6.10 Å². The Bertz CT molecular complexity index is 301. The highest BCUT2D eigenvalue weighted by atomic mass is 16.3. The summed E-state index contributed by atoms with van der Waals surface area (Å²) in [6.45, 7) is 3.47. The number of aliphatic hydroxyl groups excluding tert-OH is 1. The molecule has 1 aromatic heterocycles. The highest BCUT2D eigenvalue weighted by molar-refractivity contribution is 5.22. The fourth-order valence-electron chi connectivity index (χ4n) is 1.03. The van der Waals surface area contributed by atoms with E-state index in [0.717, 1.165) is 11.1 Å². The summed E-state index contributed by atoms with van der Waals surface area (Å²) in [6, 6.07) is 1.47. The topological polar surface area (TPSA) is 53.1 Å². The Morgan fingerprint density at radius 1 is 1.64 bits per heavy atom. The van der Waals surface area contributed by atoms with Gasteiger partial charge in [0.25, 0.3) is 0 Å². The van der Waals surface area contributed by atoms with Gasteiger partial charge in [-0.15, -0.1) is 0 Å². The van der Waals surface area contributed by atoms with E-state index in [2.05, 4.69) is 4.98 Å². The number of hydrogen-bond acceptors (Lipinski definition) is 2. The smallest absolute Gasteiger partial charge is 0.248 e. The third-order valence-corrected chi connectivity index (χ3v) is 1.62. The Hall–Kier alpha value is -1.09. The van der Waals surface area contributed by atoms with Gasteiger partial charge in [0.2, 0.25) is 5.56 Å². The van der Waals surface area contributed by atoms with Crippen LogP contribution in [-0.2, 0) is 0 Å². The summed E-state index contributed by atoms with van der Waals surface area (Å²) in [4.78, 5) is 13.2. The molecule has 0 saturated carbocycles. The molecule has 0 saturated heterocycles. The first-order valence-corrected chi connectivity index (χ1v) is 3.48. The van der Waals surface area contributed by atoms with Crippen LogP contribution in [0.25, 0.3) is 0 Å². The maximum atomic E-state index is 10.7. The zero-order chi connectivity index (χ0) is 8.43. The Morgan fingerprint density at radius 3 is 2.73 bits per heavy atom. The quantitative estimate of drug-likeness (QED) is 0.625. The molecule has 1 rings (SSSR count). The molecule has 0 bridgehead atoms. The lowest BCUT2D eigenvalue weighted by molar-refractivity contribution is 0.198. The summed E-state index contributed by atoms with van der Waals surface area (Å²) in [5, 5.41) is 9.17. The van der Waals surface area contributed by atoms with Gasteiger partial charge in [0.1, 0.15) is 0 Å². The number of nitrogens with one attached hydrogen (secondary N) is 1. The number of aromatic amines is 1. The van der Waals surface area contributed by atoms with E-state index in [1.807, 2.05) is 0 Å². The van der Waals surface area contributed by atoms with Gasteiger partial charge < -0.3 is 10.1 Å². The monoisotopic (exact) mass is 153 g/mol. The number of H-pyrrole nitrogens is 1. The van der Waals surface area contributed by atoms with Gasteiger partial charge in [0.05, 0.1) is 6.10 Å². The minimum Gasteiger partial charge on any atom is -0.389 e. The molecule has 0 aliphatic rings. The molecule has 1 unspecified atom stereocenters. The van der Waals surface area contributed by atoms with Crippen molar-refractivity contribution in [1.82, 2.24) is 4.98 Å². The van der Waals surface area contributed by atoms with E-state index in [9.17, 15) is 9.90 Å². The van der Waals surface area contributed by atoms with Crippen LogP contribution in [0.2, 0.25) is 0 Å². The zero-order valence-corrected chi connectivity index (χ0v) is 6.59. The second kappa shape index (κ2) is 2.88. The molecule has 3 nitrogen and oxygen atoms in total. The third kappa shape index (κ3) is 1.68. The van der Waals surface area contributed by atoms with Gasteiger partial charge in [-0.25, -0.2) is 0 Å². The van der Waals surface area contributed by atoms with Crippen LogP contribution in [0.5, 0.6) is 0 Å². The van der Waals surface area contributed by atoms with Crippen molar-refractivity contribution in [3.63, 3.8) is 0 Å². The lowest BCUT2D eigenvalue weighted by atomic mass is 10.1. The lowest BCUT2D eigenvalue weighted by Gasteiger charge is -2.06. The summed E-state index contributed by atoms with van der Waals surface area (Å²) in [5.41, 5.74) is 1.46. The number of rotatable bonds is 1. The van der Waals surface area contributed by atoms with Crippen LogP contribution in [0.1, 0.15) is 24.2 Å². The molecule has 2 N–H and O–H groups in total. The first kappa shape index (κ1) is 8.01. The van der Waals surface area contributed by atoms with E-state index in [1.165, 1.54) is 6.07 Å². The fourth-order valence-corrected chi connectivity index (χ4v) is 1.03. The van der Waals surface area contributed by atoms with E-state index >= 15 is 0 Å². The Balaban J connectivity index is 3.20. The molecule has 0 fully saturated rings. The van der Waals surface area contributed by atoms with E-state index in [-0.39, 0.29) is 5.56 Å². The van der Waals surface area contributed by atoms with Crippen molar-refractivity contribution in [2.75, 3.05) is 0 Å². The van der Waals surface area contributed by atoms with Crippen molar-refractivity contribution in [3.8, 4) is 0 Å². The van der Waals surface area contributed by atoms with Crippen LogP contribution in [0.3, 0.4) is 0 Å². The molecule has 1 heterocycles. The Kier molecular flexibility index (Phi) is 2.10. The number of aliphatic hydroxyl groups is 1. The molecule has 1 atom stereocenters. The van der Waals surface area contributed by atoms with E-state index in [4.69, 9.17) is 0 Å². The summed E-state index contributed by atoms with van der Waals surface area (Å²) in [5.74, 6) is 0. The van der Waals surface area contributed by atoms with Crippen molar-refractivity contribution in [2.24, 2.45) is 0 Å². The molecule has 0 aliphatic carbocycles. The predicted molar refractivity (Wildman–Crippen MR) is 42.4 cm³/mol. The van der Waals surface area contributed by atoms with Crippen LogP contribution in [0.4, 0.5) is 0 Å². The van der Waals surface area contributed by atoms with Gasteiger partial charge in [-0.2, -0.15) is 0 Å². The normalized spacial score (nSPS) is 13.0. The van der Waals surface area contributed by atoms with Crippen molar-refractivity contribution >= 4 is 0 Å². The summed E-state index contributed by atoms with van der Waals surface area (Å²) >= 11 is 0. The molecule has 1 aromatic rings. The molecule has 60 valence electrons. The van der Waals surface area contributed by atoms with E-state index in [0.29, 0.717) is 0 Å². The highest BCUT2D eigenvalue weighted by Gasteiger charge is 2.03. The minimum atomic E-state index is -0.521. The summed E-state index contributed by atoms with van der Waals surface area (Å²) in [7, 11) is 0. The van der Waals surface area contributed by atoms with Gasteiger partial charge in [0, 0.05) is 12.3 Å². The van der Waals surface area contributed by atoms with Crippen LogP contribution in [0.15, 0.2) is 17.1 Å². The number of aromatic nitrogens is 1. The molecule has 0 aromatic carbocycles. The molecule has 11 heavy (non-hydrogen) atoms. The first-order chi connectivity index (χ1) is 5.11. The van der Waals surface area contributed by atoms with Crippen molar-refractivity contribution in [3.05, 3.63) is 33.7 Å². The van der Waals surface area contributed by atoms with Gasteiger partial charge in [0.15, 0.2) is 0 Å². The van der Waals surface area contributed by atoms with E-state index in [1.54, 1.807) is 20.0 Å². The maximum Gasteiger partial charge on any atom is 0.248 e. The average Bonchev–Trinajstić information content (AvgIpc) is 1.85. The lowest BCUT2D eigenvalue weighted by Crippen LogP contribution is -2.07. The molecule has 0 amide bonds. The molecule has 3 heteroatoms.